The van der Waals surface area contributed by atoms with Crippen LogP contribution < -0.4 is 26.8 Å². The van der Waals surface area contributed by atoms with Gasteiger partial charge >= 0.3 is 0 Å². The first-order valence-corrected chi connectivity index (χ1v) is 14.3. The van der Waals surface area contributed by atoms with Crippen LogP contribution in [0.5, 0.6) is 0 Å². The highest BCUT2D eigenvalue weighted by molar-refractivity contribution is 6.36. The van der Waals surface area contributed by atoms with Crippen LogP contribution in [0.3, 0.4) is 0 Å². The molecule has 6 rings (SSSR count). The molecular weight excluding hydrogens is 544 g/mol. The monoisotopic (exact) mass is 580 g/mol. The molecule has 4 N–H and O–H groups in total. The maximum atomic E-state index is 13.2. The lowest BCUT2D eigenvalue weighted by atomic mass is 9.54. The van der Waals surface area contributed by atoms with Crippen molar-refractivity contribution in [3.05, 3.63) is 40.6 Å². The number of Topliss-reactive ketones (excluding diaryl/α,β-unsaturated/α-hetero) is 1. The third kappa shape index (κ3) is 6.42. The lowest BCUT2D eigenvalue weighted by Crippen LogP contribution is -2.56. The zero-order chi connectivity index (χ0) is 30.0. The van der Waals surface area contributed by atoms with Crippen molar-refractivity contribution < 1.29 is 24.0 Å². The normalized spacial score (nSPS) is 24.5. The molecule has 4 bridgehead atoms. The number of likely N-dealkylation sites (N-methyl/N-ethyl adjacent to an activating group) is 1. The molecule has 14 nitrogen and oxygen atoms in total. The smallest absolute Gasteiger partial charge is 0.287 e. The van der Waals surface area contributed by atoms with Crippen molar-refractivity contribution >= 4 is 35.1 Å². The number of anilines is 1. The Bertz CT molecular complexity index is 1420. The van der Waals surface area contributed by atoms with E-state index < -0.39 is 35.1 Å². The minimum absolute atomic E-state index is 0.0554. The van der Waals surface area contributed by atoms with E-state index in [1.54, 1.807) is 7.05 Å². The SMILES string of the molecule is CNC(=O)C(=O)CC[C@H](NC(=O)c1cn(C)nn1)C(=O)Nc1cccn(CC(=O)NC2C3CC4CC(C3)CC2C4)c1=O. The number of carbonyl (C=O) groups is 5. The highest BCUT2D eigenvalue weighted by atomic mass is 16.2. The number of nitrogens with zero attached hydrogens (tertiary/aromatic N) is 4. The molecule has 224 valence electrons. The van der Waals surface area contributed by atoms with E-state index in [0.717, 1.165) is 37.5 Å². The predicted molar refractivity (Wildman–Crippen MR) is 149 cm³/mol. The van der Waals surface area contributed by atoms with Crippen LogP contribution in [0.15, 0.2) is 29.3 Å². The number of hydrogen-bond donors (Lipinski definition) is 4. The summed E-state index contributed by atoms with van der Waals surface area (Å²) < 4.78 is 2.54. The van der Waals surface area contributed by atoms with E-state index >= 15 is 0 Å². The summed E-state index contributed by atoms with van der Waals surface area (Å²) in [4.78, 5) is 75.8. The second-order valence-electron chi connectivity index (χ2n) is 11.7. The molecule has 2 heterocycles. The van der Waals surface area contributed by atoms with Crippen molar-refractivity contribution in [1.82, 2.24) is 35.5 Å². The second kappa shape index (κ2) is 12.2. The van der Waals surface area contributed by atoms with Crippen LogP contribution >= 0.6 is 0 Å². The zero-order valence-electron chi connectivity index (χ0n) is 23.7. The number of nitrogens with one attached hydrogen (secondary N) is 4. The first-order chi connectivity index (χ1) is 20.1. The van der Waals surface area contributed by atoms with Crippen LogP contribution in [0.1, 0.15) is 55.4 Å². The quantitative estimate of drug-likeness (QED) is 0.262. The summed E-state index contributed by atoms with van der Waals surface area (Å²) >= 11 is 0. The Morgan fingerprint density at radius 2 is 1.74 bits per heavy atom. The van der Waals surface area contributed by atoms with Crippen molar-refractivity contribution in [2.75, 3.05) is 12.4 Å². The van der Waals surface area contributed by atoms with Gasteiger partial charge in [0, 0.05) is 32.8 Å². The Morgan fingerprint density at radius 1 is 1.05 bits per heavy atom. The van der Waals surface area contributed by atoms with Gasteiger partial charge in [-0.15, -0.1) is 5.10 Å². The van der Waals surface area contributed by atoms with E-state index in [1.807, 2.05) is 0 Å². The molecule has 0 radical (unpaired) electrons. The number of amides is 4. The van der Waals surface area contributed by atoms with Crippen molar-refractivity contribution in [2.45, 2.75) is 63.6 Å². The summed E-state index contributed by atoms with van der Waals surface area (Å²) in [5, 5.41) is 17.8. The van der Waals surface area contributed by atoms with Crippen LogP contribution in [0.25, 0.3) is 0 Å². The molecule has 0 saturated heterocycles. The summed E-state index contributed by atoms with van der Waals surface area (Å²) in [6, 6.07) is 1.79. The lowest BCUT2D eigenvalue weighted by Gasteiger charge is -2.54. The maximum absolute atomic E-state index is 13.2. The number of rotatable bonds is 11. The van der Waals surface area contributed by atoms with Crippen LogP contribution in [0, 0.1) is 23.7 Å². The topological polar surface area (TPSA) is 186 Å². The molecule has 0 spiro atoms. The highest BCUT2D eigenvalue weighted by Crippen LogP contribution is 2.53. The number of ketones is 1. The van der Waals surface area contributed by atoms with Gasteiger partial charge in [-0.2, -0.15) is 0 Å². The third-order valence-corrected chi connectivity index (χ3v) is 8.74. The molecule has 2 aromatic heterocycles. The van der Waals surface area contributed by atoms with Gasteiger partial charge in [0.25, 0.3) is 17.4 Å². The molecule has 4 amide bonds. The van der Waals surface area contributed by atoms with Gasteiger partial charge in [-0.25, -0.2) is 0 Å². The number of pyridine rings is 1. The van der Waals surface area contributed by atoms with Crippen molar-refractivity contribution in [3.8, 4) is 0 Å². The predicted octanol–water partition coefficient (Wildman–Crippen LogP) is -0.250. The fraction of sp³-hybridized carbons (Fsp3) is 0.571. The van der Waals surface area contributed by atoms with Gasteiger partial charge in [-0.05, 0) is 74.3 Å². The van der Waals surface area contributed by atoms with Gasteiger partial charge in [-0.1, -0.05) is 5.21 Å². The standard InChI is InChI=1S/C28H36N8O6/c1-29-27(41)22(37)6-5-19(30-26(40)21-13-35(2)34-33-21)25(39)31-20-4-3-7-36(28(20)42)14-23(38)32-24-17-9-15-8-16(11-17)12-18(24)10-15/h3-4,7,13,15-19,24H,5-6,8-12,14H2,1-2H3,(H,29,41)(H,30,40)(H,31,39)(H,32,38)/t15?,16?,17?,18?,19-,24?/m0/s1. The van der Waals surface area contributed by atoms with Gasteiger partial charge in [0.05, 0.1) is 6.20 Å². The minimum atomic E-state index is -1.28. The maximum Gasteiger partial charge on any atom is 0.287 e. The molecule has 4 fully saturated rings. The highest BCUT2D eigenvalue weighted by Gasteiger charge is 2.48. The van der Waals surface area contributed by atoms with Crippen LogP contribution in [-0.4, -0.2) is 68.1 Å². The van der Waals surface area contributed by atoms with Gasteiger partial charge in [-0.3, -0.25) is 33.4 Å². The molecule has 4 aliphatic carbocycles. The average Bonchev–Trinajstić information content (AvgIpc) is 3.40. The summed E-state index contributed by atoms with van der Waals surface area (Å²) in [5.41, 5.74) is -0.743. The summed E-state index contributed by atoms with van der Waals surface area (Å²) in [6.07, 6.45) is 8.22. The molecule has 42 heavy (non-hydrogen) atoms. The van der Waals surface area contributed by atoms with Gasteiger partial charge in [0.1, 0.15) is 18.3 Å². The van der Waals surface area contributed by atoms with E-state index in [1.165, 1.54) is 47.2 Å². The minimum Gasteiger partial charge on any atom is -0.353 e. The van der Waals surface area contributed by atoms with Crippen LogP contribution in [0.4, 0.5) is 5.69 Å². The fourth-order valence-corrected chi connectivity index (χ4v) is 7.00. The van der Waals surface area contributed by atoms with Crippen LogP contribution in [-0.2, 0) is 32.8 Å². The summed E-state index contributed by atoms with van der Waals surface area (Å²) in [5.74, 6) is -0.788. The number of hydrogen-bond acceptors (Lipinski definition) is 8. The molecule has 1 atom stereocenters. The Hall–Kier alpha value is -4.36. The second-order valence-corrected chi connectivity index (χ2v) is 11.7. The first kappa shape index (κ1) is 29.1. The summed E-state index contributed by atoms with van der Waals surface area (Å²) in [7, 11) is 2.88. The Balaban J connectivity index is 1.24. The van der Waals surface area contributed by atoms with E-state index in [0.29, 0.717) is 11.8 Å². The van der Waals surface area contributed by atoms with E-state index in [9.17, 15) is 28.8 Å². The third-order valence-electron chi connectivity index (χ3n) is 8.74. The number of aromatic nitrogens is 4. The van der Waals surface area contributed by atoms with Gasteiger partial charge < -0.3 is 25.8 Å². The van der Waals surface area contributed by atoms with Crippen LogP contribution in [0.2, 0.25) is 0 Å². The fourth-order valence-electron chi connectivity index (χ4n) is 7.00. The van der Waals surface area contributed by atoms with Gasteiger partial charge in [0.15, 0.2) is 5.69 Å². The van der Waals surface area contributed by atoms with Crippen molar-refractivity contribution in [1.29, 1.82) is 0 Å². The van der Waals surface area contributed by atoms with E-state index in [-0.39, 0.29) is 42.7 Å². The first-order valence-electron chi connectivity index (χ1n) is 14.3. The molecule has 4 aliphatic rings. The summed E-state index contributed by atoms with van der Waals surface area (Å²) in [6.45, 7) is -0.196. The van der Waals surface area contributed by atoms with Crippen molar-refractivity contribution in [2.24, 2.45) is 30.7 Å². The molecule has 0 aliphatic heterocycles. The van der Waals surface area contributed by atoms with E-state index in [4.69, 9.17) is 0 Å². The molecule has 0 aromatic carbocycles. The lowest BCUT2D eigenvalue weighted by molar-refractivity contribution is -0.137. The largest absolute Gasteiger partial charge is 0.353 e. The molecular formula is C28H36N8O6. The number of carbonyl (C=O) groups excluding carboxylic acids is 5. The Labute approximate surface area is 242 Å². The van der Waals surface area contributed by atoms with Crippen molar-refractivity contribution in [3.63, 3.8) is 0 Å². The molecule has 14 heteroatoms. The van der Waals surface area contributed by atoms with Gasteiger partial charge in [0.2, 0.25) is 17.6 Å². The molecule has 2 aromatic rings. The Kier molecular flexibility index (Phi) is 8.50. The Morgan fingerprint density at radius 3 is 2.36 bits per heavy atom. The average molecular weight is 581 g/mol. The van der Waals surface area contributed by atoms with E-state index in [2.05, 4.69) is 31.6 Å². The number of aryl methyl sites for hydroxylation is 1. The zero-order valence-corrected chi connectivity index (χ0v) is 23.7. The molecule has 4 saturated carbocycles. The molecule has 0 unspecified atom stereocenters.